The van der Waals surface area contributed by atoms with Crippen LogP contribution >= 0.6 is 0 Å². The van der Waals surface area contributed by atoms with E-state index in [9.17, 15) is 0 Å². The summed E-state index contributed by atoms with van der Waals surface area (Å²) in [4.78, 5) is 4.29. The monoisotopic (exact) mass is 289 g/mol. The molecule has 0 bridgehead atoms. The van der Waals surface area contributed by atoms with Crippen molar-refractivity contribution in [2.45, 2.75) is 57.7 Å². The number of hydrogen-bond acceptors (Lipinski definition) is 4. The second-order valence-corrected chi connectivity index (χ2v) is 6.98. The van der Waals surface area contributed by atoms with Crippen molar-refractivity contribution in [2.24, 2.45) is 0 Å². The van der Waals surface area contributed by atoms with Crippen LogP contribution in [0.3, 0.4) is 0 Å². The molecular weight excluding hydrogens is 265 g/mol. The summed E-state index contributed by atoms with van der Waals surface area (Å²) in [6.45, 7) is 9.98. The van der Waals surface area contributed by atoms with Crippen LogP contribution in [0.15, 0.2) is 18.5 Å². The van der Waals surface area contributed by atoms with Crippen LogP contribution in [0.25, 0.3) is 0 Å². The van der Waals surface area contributed by atoms with Crippen molar-refractivity contribution >= 4 is 12.6 Å². The van der Waals surface area contributed by atoms with Crippen molar-refractivity contribution < 1.29 is 14.0 Å². The van der Waals surface area contributed by atoms with Gasteiger partial charge in [-0.3, -0.25) is 4.98 Å². The van der Waals surface area contributed by atoms with Crippen molar-refractivity contribution in [3.63, 3.8) is 0 Å². The summed E-state index contributed by atoms with van der Waals surface area (Å²) in [6, 6.07) is 2.11. The lowest BCUT2D eigenvalue weighted by Gasteiger charge is -2.32. The first kappa shape index (κ1) is 15.0. The van der Waals surface area contributed by atoms with Gasteiger partial charge in [0.1, 0.15) is 0 Å². The molecule has 0 saturated carbocycles. The Labute approximate surface area is 127 Å². The molecule has 0 spiro atoms. The first-order valence-corrected chi connectivity index (χ1v) is 7.78. The van der Waals surface area contributed by atoms with Crippen LogP contribution < -0.4 is 5.46 Å². The molecule has 0 radical (unpaired) electrons. The molecule has 2 fully saturated rings. The molecule has 21 heavy (non-hydrogen) atoms. The highest BCUT2D eigenvalue weighted by Crippen LogP contribution is 2.37. The molecule has 3 heterocycles. The summed E-state index contributed by atoms with van der Waals surface area (Å²) < 4.78 is 17.9. The molecule has 1 aromatic heterocycles. The standard InChI is InChI=1S/C16H24BNO3/c1-15(2)16(3,4)21-17(20-15)14-11-18-8-5-13(14)12-6-9-19-10-7-12/h5,8,11-12H,6-7,9-10H2,1-4H3. The van der Waals surface area contributed by atoms with E-state index in [4.69, 9.17) is 14.0 Å². The summed E-state index contributed by atoms with van der Waals surface area (Å²) in [6.07, 6.45) is 5.86. The summed E-state index contributed by atoms with van der Waals surface area (Å²) in [5.74, 6) is 0.510. The van der Waals surface area contributed by atoms with E-state index in [0.29, 0.717) is 5.92 Å². The third-order valence-corrected chi connectivity index (χ3v) is 5.06. The second-order valence-electron chi connectivity index (χ2n) is 6.98. The Bertz CT molecular complexity index is 496. The fourth-order valence-electron chi connectivity index (χ4n) is 2.96. The molecule has 2 aliphatic rings. The maximum Gasteiger partial charge on any atom is 0.496 e. The largest absolute Gasteiger partial charge is 0.496 e. The molecule has 0 unspecified atom stereocenters. The van der Waals surface area contributed by atoms with Crippen molar-refractivity contribution in [3.8, 4) is 0 Å². The average Bonchev–Trinajstić information content (AvgIpc) is 2.68. The van der Waals surface area contributed by atoms with Gasteiger partial charge >= 0.3 is 7.12 Å². The highest BCUT2D eigenvalue weighted by atomic mass is 16.7. The van der Waals surface area contributed by atoms with E-state index in [1.807, 2.05) is 12.4 Å². The lowest BCUT2D eigenvalue weighted by Crippen LogP contribution is -2.41. The quantitative estimate of drug-likeness (QED) is 0.783. The van der Waals surface area contributed by atoms with Crippen LogP contribution in [-0.4, -0.2) is 36.5 Å². The minimum atomic E-state index is -0.332. The van der Waals surface area contributed by atoms with Gasteiger partial charge in [0.15, 0.2) is 0 Å². The zero-order valence-electron chi connectivity index (χ0n) is 13.4. The third kappa shape index (κ3) is 2.74. The average molecular weight is 289 g/mol. The topological polar surface area (TPSA) is 40.6 Å². The zero-order chi connectivity index (χ0) is 15.1. The summed E-state index contributed by atoms with van der Waals surface area (Å²) >= 11 is 0. The predicted molar refractivity (Wildman–Crippen MR) is 82.7 cm³/mol. The molecule has 0 aromatic carbocycles. The summed E-state index contributed by atoms with van der Waals surface area (Å²) in [5.41, 5.74) is 1.73. The molecule has 2 saturated heterocycles. The van der Waals surface area contributed by atoms with E-state index in [1.54, 1.807) is 0 Å². The van der Waals surface area contributed by atoms with E-state index in [1.165, 1.54) is 5.56 Å². The smallest absolute Gasteiger partial charge is 0.399 e. The minimum Gasteiger partial charge on any atom is -0.399 e. The molecule has 2 aliphatic heterocycles. The van der Waals surface area contributed by atoms with E-state index in [0.717, 1.165) is 31.5 Å². The van der Waals surface area contributed by atoms with Gasteiger partial charge in [0.2, 0.25) is 0 Å². The first-order chi connectivity index (χ1) is 9.91. The molecule has 5 heteroatoms. The molecule has 114 valence electrons. The Morgan fingerprint density at radius 1 is 1.10 bits per heavy atom. The SMILES string of the molecule is CC1(C)OB(c2cnccc2C2CCOCC2)OC1(C)C. The lowest BCUT2D eigenvalue weighted by atomic mass is 9.73. The first-order valence-electron chi connectivity index (χ1n) is 7.78. The van der Waals surface area contributed by atoms with Crippen molar-refractivity contribution in [2.75, 3.05) is 13.2 Å². The summed E-state index contributed by atoms with van der Waals surface area (Å²) in [7, 11) is -0.332. The van der Waals surface area contributed by atoms with Crippen LogP contribution in [0.1, 0.15) is 52.0 Å². The Morgan fingerprint density at radius 3 is 2.33 bits per heavy atom. The fourth-order valence-corrected chi connectivity index (χ4v) is 2.96. The Morgan fingerprint density at radius 2 is 1.71 bits per heavy atom. The molecule has 0 amide bonds. The number of hydrogen-bond donors (Lipinski definition) is 0. The van der Waals surface area contributed by atoms with E-state index in [2.05, 4.69) is 38.7 Å². The van der Waals surface area contributed by atoms with Crippen molar-refractivity contribution in [1.82, 2.24) is 4.98 Å². The number of nitrogens with zero attached hydrogens (tertiary/aromatic N) is 1. The second kappa shape index (κ2) is 5.38. The molecule has 0 N–H and O–H groups in total. The molecule has 0 aliphatic carbocycles. The highest BCUT2D eigenvalue weighted by molar-refractivity contribution is 6.62. The van der Waals surface area contributed by atoms with Crippen molar-refractivity contribution in [1.29, 1.82) is 0 Å². The molecule has 3 rings (SSSR count). The van der Waals surface area contributed by atoms with Crippen LogP contribution in [0.5, 0.6) is 0 Å². The lowest BCUT2D eigenvalue weighted by molar-refractivity contribution is 0.00578. The van der Waals surface area contributed by atoms with Gasteiger partial charge in [0.25, 0.3) is 0 Å². The number of pyridine rings is 1. The number of ether oxygens (including phenoxy) is 1. The van der Waals surface area contributed by atoms with Crippen LogP contribution in [0.4, 0.5) is 0 Å². The van der Waals surface area contributed by atoms with Crippen LogP contribution in [-0.2, 0) is 14.0 Å². The number of rotatable bonds is 2. The highest BCUT2D eigenvalue weighted by Gasteiger charge is 2.52. The Balaban J connectivity index is 1.89. The minimum absolute atomic E-state index is 0.319. The van der Waals surface area contributed by atoms with Gasteiger partial charge in [0.05, 0.1) is 11.2 Å². The van der Waals surface area contributed by atoms with Gasteiger partial charge in [-0.25, -0.2) is 0 Å². The van der Waals surface area contributed by atoms with Gasteiger partial charge in [0, 0.05) is 31.1 Å². The van der Waals surface area contributed by atoms with Gasteiger partial charge in [-0.05, 0) is 58.1 Å². The van der Waals surface area contributed by atoms with E-state index < -0.39 is 0 Å². The van der Waals surface area contributed by atoms with E-state index in [-0.39, 0.29) is 18.3 Å². The molecular formula is C16H24BNO3. The normalized spacial score (nSPS) is 25.2. The van der Waals surface area contributed by atoms with Gasteiger partial charge < -0.3 is 14.0 Å². The van der Waals surface area contributed by atoms with Gasteiger partial charge in [-0.1, -0.05) is 0 Å². The maximum absolute atomic E-state index is 6.19. The Hall–Kier alpha value is -0.905. The predicted octanol–water partition coefficient (Wildman–Crippen LogP) is 2.27. The Kier molecular flexibility index (Phi) is 3.84. The van der Waals surface area contributed by atoms with Gasteiger partial charge in [-0.15, -0.1) is 0 Å². The fraction of sp³-hybridized carbons (Fsp3) is 0.688. The number of aromatic nitrogens is 1. The zero-order valence-corrected chi connectivity index (χ0v) is 13.4. The van der Waals surface area contributed by atoms with E-state index >= 15 is 0 Å². The summed E-state index contributed by atoms with van der Waals surface area (Å²) in [5, 5.41) is 0. The van der Waals surface area contributed by atoms with Crippen molar-refractivity contribution in [3.05, 3.63) is 24.0 Å². The maximum atomic E-state index is 6.19. The van der Waals surface area contributed by atoms with Gasteiger partial charge in [-0.2, -0.15) is 0 Å². The molecule has 1 aromatic rings. The molecule has 4 nitrogen and oxygen atoms in total. The van der Waals surface area contributed by atoms with Crippen LogP contribution in [0.2, 0.25) is 0 Å². The third-order valence-electron chi connectivity index (χ3n) is 5.06. The molecule has 0 atom stereocenters. The van der Waals surface area contributed by atoms with Crippen LogP contribution in [0, 0.1) is 0 Å².